The van der Waals surface area contributed by atoms with Crippen LogP contribution in [-0.2, 0) is 25.6 Å². The highest BCUT2D eigenvalue weighted by atomic mass is 35.5. The third-order valence-corrected chi connectivity index (χ3v) is 10.3. The van der Waals surface area contributed by atoms with Crippen molar-refractivity contribution in [3.05, 3.63) is 35.9 Å². The van der Waals surface area contributed by atoms with E-state index in [1.54, 1.807) is 11.8 Å². The number of thioether (sulfide) groups is 1. The normalized spacial score (nSPS) is 26.3. The van der Waals surface area contributed by atoms with Gasteiger partial charge in [-0.25, -0.2) is 0 Å². The Labute approximate surface area is 266 Å². The molecule has 43 heavy (non-hydrogen) atoms. The average Bonchev–Trinajstić information content (AvgIpc) is 2.98. The Morgan fingerprint density at radius 2 is 1.53 bits per heavy atom. The molecule has 6 N–H and O–H groups in total. The Hall–Kier alpha value is -2.30. The summed E-state index contributed by atoms with van der Waals surface area (Å²) in [4.78, 5) is 52.4. The smallest absolute Gasteiger partial charge is 0.243 e. The van der Waals surface area contributed by atoms with Gasteiger partial charge in [0.2, 0.25) is 23.6 Å². The third kappa shape index (κ3) is 9.59. The van der Waals surface area contributed by atoms with Crippen LogP contribution >= 0.6 is 24.2 Å². The lowest BCUT2D eigenvalue weighted by molar-refractivity contribution is -0.133. The number of carbonyl (C=O) groups is 4. The van der Waals surface area contributed by atoms with Gasteiger partial charge < -0.3 is 27.0 Å². The Kier molecular flexibility index (Phi) is 13.6. The summed E-state index contributed by atoms with van der Waals surface area (Å²) >= 11 is 1.57. The summed E-state index contributed by atoms with van der Waals surface area (Å²) in [5.74, 6) is 1.87. The maximum absolute atomic E-state index is 13.6. The molecule has 4 saturated carbocycles. The van der Waals surface area contributed by atoms with E-state index in [4.69, 9.17) is 5.73 Å². The number of benzene rings is 1. The van der Waals surface area contributed by atoms with Crippen LogP contribution in [-0.4, -0.2) is 66.3 Å². The molecule has 4 amide bonds. The van der Waals surface area contributed by atoms with Gasteiger partial charge in [0.05, 0.1) is 12.6 Å². The highest BCUT2D eigenvalue weighted by Crippen LogP contribution is 2.53. The number of carbonyl (C=O) groups excluding carboxylic acids is 4. The summed E-state index contributed by atoms with van der Waals surface area (Å²) in [6.45, 7) is 3.57. The molecular weight excluding hydrogens is 586 g/mol. The number of hydrogen-bond donors (Lipinski definition) is 5. The van der Waals surface area contributed by atoms with E-state index in [-0.39, 0.29) is 42.7 Å². The van der Waals surface area contributed by atoms with Gasteiger partial charge in [0.25, 0.3) is 0 Å². The Morgan fingerprint density at radius 1 is 0.907 bits per heavy atom. The highest BCUT2D eigenvalue weighted by Gasteiger charge is 2.49. The second-order valence-corrected chi connectivity index (χ2v) is 13.7. The Balaban J connectivity index is 0.00000506. The summed E-state index contributed by atoms with van der Waals surface area (Å²) in [6, 6.07) is 7.55. The van der Waals surface area contributed by atoms with Crippen molar-refractivity contribution in [1.82, 2.24) is 21.3 Å². The van der Waals surface area contributed by atoms with Crippen LogP contribution in [0, 0.1) is 29.6 Å². The summed E-state index contributed by atoms with van der Waals surface area (Å²) in [6.07, 6.45) is 9.56. The van der Waals surface area contributed by atoms with Gasteiger partial charge in [0, 0.05) is 12.5 Å². The van der Waals surface area contributed by atoms with E-state index < -0.39 is 29.9 Å². The Bertz CT molecular complexity index is 1060. The van der Waals surface area contributed by atoms with Crippen molar-refractivity contribution < 1.29 is 19.2 Å². The van der Waals surface area contributed by atoms with Crippen molar-refractivity contribution in [2.24, 2.45) is 35.3 Å². The molecule has 11 heteroatoms. The molecule has 4 atom stereocenters. The van der Waals surface area contributed by atoms with Gasteiger partial charge in [-0.1, -0.05) is 50.6 Å². The van der Waals surface area contributed by atoms with Gasteiger partial charge in [0.1, 0.15) is 12.1 Å². The molecule has 0 spiro atoms. The SMILES string of the molecule is CC[C@H](C)[C@H](N)C(=O)N[C@H](CCSC)C(=O)NCC(=O)N[C@@H](Cc1ccccc1)C(=O)NC1C2CC3CC(C2)CC1C3.Cl. The van der Waals surface area contributed by atoms with Gasteiger partial charge in [0.15, 0.2) is 0 Å². The van der Waals surface area contributed by atoms with E-state index in [0.717, 1.165) is 23.8 Å². The molecular formula is C32H50ClN5O4S. The van der Waals surface area contributed by atoms with E-state index in [1.165, 1.54) is 32.1 Å². The van der Waals surface area contributed by atoms with E-state index in [2.05, 4.69) is 21.3 Å². The minimum Gasteiger partial charge on any atom is -0.351 e. The molecule has 0 unspecified atom stereocenters. The summed E-state index contributed by atoms with van der Waals surface area (Å²) in [5, 5.41) is 11.6. The molecule has 5 rings (SSSR count). The molecule has 0 aromatic heterocycles. The first-order chi connectivity index (χ1) is 20.2. The minimum atomic E-state index is -0.798. The number of rotatable bonds is 15. The predicted octanol–water partition coefficient (Wildman–Crippen LogP) is 2.80. The van der Waals surface area contributed by atoms with Crippen LogP contribution in [0.5, 0.6) is 0 Å². The first-order valence-corrected chi connectivity index (χ1v) is 17.0. The van der Waals surface area contributed by atoms with E-state index in [0.29, 0.717) is 30.4 Å². The molecule has 1 aromatic carbocycles. The maximum atomic E-state index is 13.6. The topological polar surface area (TPSA) is 142 Å². The molecule has 4 aliphatic rings. The molecule has 0 radical (unpaired) electrons. The van der Waals surface area contributed by atoms with E-state index in [9.17, 15) is 19.2 Å². The van der Waals surface area contributed by atoms with Crippen molar-refractivity contribution in [1.29, 1.82) is 0 Å². The second kappa shape index (κ2) is 16.7. The van der Waals surface area contributed by atoms with E-state index >= 15 is 0 Å². The van der Waals surface area contributed by atoms with Crippen molar-refractivity contribution in [3.63, 3.8) is 0 Å². The monoisotopic (exact) mass is 635 g/mol. The lowest BCUT2D eigenvalue weighted by atomic mass is 9.54. The van der Waals surface area contributed by atoms with Gasteiger partial charge in [-0.2, -0.15) is 11.8 Å². The van der Waals surface area contributed by atoms with Gasteiger partial charge in [-0.3, -0.25) is 19.2 Å². The fourth-order valence-electron chi connectivity index (χ4n) is 7.31. The zero-order valence-corrected chi connectivity index (χ0v) is 27.3. The molecule has 0 saturated heterocycles. The van der Waals surface area contributed by atoms with Crippen molar-refractivity contribution in [2.45, 2.75) is 89.4 Å². The molecule has 4 aliphatic carbocycles. The van der Waals surface area contributed by atoms with Crippen LogP contribution < -0.4 is 27.0 Å². The quantitative estimate of drug-likeness (QED) is 0.201. The molecule has 4 bridgehead atoms. The number of amides is 4. The van der Waals surface area contributed by atoms with Gasteiger partial charge in [-0.05, 0) is 85.7 Å². The van der Waals surface area contributed by atoms with Crippen LogP contribution in [0.3, 0.4) is 0 Å². The predicted molar refractivity (Wildman–Crippen MR) is 174 cm³/mol. The molecule has 0 heterocycles. The van der Waals surface area contributed by atoms with Gasteiger partial charge in [-0.15, -0.1) is 12.4 Å². The van der Waals surface area contributed by atoms with Crippen LogP contribution in [0.15, 0.2) is 30.3 Å². The fraction of sp³-hybridized carbons (Fsp3) is 0.688. The standard InChI is InChI=1S/C32H49N5O4S.ClH/c1-4-19(2)28(33)32(41)36-25(10-11-42-3)30(39)34-18-27(38)35-26(17-20-8-6-5-7-9-20)31(40)37-29-23-13-21-12-22(15-23)16-24(29)14-21;/h5-9,19,21-26,28-29H,4,10-18,33H2,1-3H3,(H,34,39)(H,35,38)(H,36,41)(H,37,40);1H/t19-,21?,22?,23?,24?,25+,26-,28-,29?;/m0./s1. The van der Waals surface area contributed by atoms with Gasteiger partial charge >= 0.3 is 0 Å². The number of halogens is 1. The molecule has 240 valence electrons. The van der Waals surface area contributed by atoms with Crippen LogP contribution in [0.25, 0.3) is 0 Å². The zero-order chi connectivity index (χ0) is 30.2. The number of nitrogens with two attached hydrogens (primary N) is 1. The fourth-order valence-corrected chi connectivity index (χ4v) is 7.78. The first kappa shape index (κ1) is 35.2. The lowest BCUT2D eigenvalue weighted by Gasteiger charge is -2.54. The lowest BCUT2D eigenvalue weighted by Crippen LogP contribution is -2.60. The largest absolute Gasteiger partial charge is 0.351 e. The van der Waals surface area contributed by atoms with Crippen LogP contribution in [0.2, 0.25) is 0 Å². The average molecular weight is 636 g/mol. The molecule has 9 nitrogen and oxygen atoms in total. The molecule has 0 aliphatic heterocycles. The summed E-state index contributed by atoms with van der Waals surface area (Å²) in [5.41, 5.74) is 7.02. The van der Waals surface area contributed by atoms with Crippen molar-refractivity contribution in [3.8, 4) is 0 Å². The number of hydrogen-bond acceptors (Lipinski definition) is 6. The Morgan fingerprint density at radius 3 is 2.12 bits per heavy atom. The molecule has 1 aromatic rings. The zero-order valence-electron chi connectivity index (χ0n) is 25.7. The van der Waals surface area contributed by atoms with Crippen LogP contribution in [0.4, 0.5) is 0 Å². The minimum absolute atomic E-state index is 0. The maximum Gasteiger partial charge on any atom is 0.243 e. The van der Waals surface area contributed by atoms with Crippen molar-refractivity contribution in [2.75, 3.05) is 18.6 Å². The van der Waals surface area contributed by atoms with E-state index in [1.807, 2.05) is 50.4 Å². The summed E-state index contributed by atoms with van der Waals surface area (Å²) in [7, 11) is 0. The second-order valence-electron chi connectivity index (χ2n) is 12.7. The van der Waals surface area contributed by atoms with Crippen LogP contribution in [0.1, 0.15) is 64.4 Å². The third-order valence-electron chi connectivity index (χ3n) is 9.70. The highest BCUT2D eigenvalue weighted by molar-refractivity contribution is 7.98. The first-order valence-electron chi connectivity index (χ1n) is 15.6. The summed E-state index contributed by atoms with van der Waals surface area (Å²) < 4.78 is 0. The van der Waals surface area contributed by atoms with Crippen molar-refractivity contribution >= 4 is 47.8 Å². The molecule has 4 fully saturated rings. The number of nitrogens with one attached hydrogen (secondary N) is 4.